The molecule has 4 unspecified atom stereocenters. The number of carboxylic acid groups (broad SMARTS) is 1. The zero-order chi connectivity index (χ0) is 21.3. The van der Waals surface area contributed by atoms with E-state index < -0.39 is 35.9 Å². The normalized spacial score (nSPS) is 16.1. The number of carboxylic acids is 1. The minimum atomic E-state index is -1.05. The first-order valence-electron chi connectivity index (χ1n) is 9.27. The monoisotopic (exact) mass is 387 g/mol. The third-order valence-electron chi connectivity index (χ3n) is 4.73. The lowest BCUT2D eigenvalue weighted by molar-refractivity contribution is -0.159. The highest BCUT2D eigenvalue weighted by Gasteiger charge is 2.32. The first-order chi connectivity index (χ1) is 13.2. The van der Waals surface area contributed by atoms with Crippen molar-refractivity contribution in [1.29, 1.82) is 0 Å². The Morgan fingerprint density at radius 1 is 1.07 bits per heavy atom. The molecule has 1 rings (SSSR count). The SMILES string of the molecule is C/C=C(C)/C=C/C(=O)NC(C(=O)OC(C)C(C)C(=O)O)C(C)c1ccccc1. The number of rotatable bonds is 9. The molecule has 0 saturated heterocycles. The fourth-order valence-corrected chi connectivity index (χ4v) is 2.40. The summed E-state index contributed by atoms with van der Waals surface area (Å²) in [5, 5.41) is 11.8. The third kappa shape index (κ3) is 7.02. The van der Waals surface area contributed by atoms with E-state index in [1.54, 1.807) is 6.08 Å². The van der Waals surface area contributed by atoms with Gasteiger partial charge in [0.05, 0.1) is 5.92 Å². The number of amides is 1. The molecule has 1 aromatic rings. The van der Waals surface area contributed by atoms with Crippen LogP contribution in [0, 0.1) is 5.92 Å². The van der Waals surface area contributed by atoms with Gasteiger partial charge in [0.2, 0.25) is 5.91 Å². The molecule has 0 aromatic heterocycles. The van der Waals surface area contributed by atoms with E-state index in [0.717, 1.165) is 11.1 Å². The van der Waals surface area contributed by atoms with Crippen molar-refractivity contribution >= 4 is 17.8 Å². The standard InChI is InChI=1S/C22H29NO5/c1-6-14(2)12-13-19(24)23-20(16(4)18-10-8-7-9-11-18)22(27)28-17(5)15(3)21(25)26/h6-13,15-17,20H,1-5H3,(H,23,24)(H,25,26)/b13-12+,14-6+. The predicted molar refractivity (Wildman–Crippen MR) is 108 cm³/mol. The van der Waals surface area contributed by atoms with Crippen molar-refractivity contribution in [2.75, 3.05) is 0 Å². The van der Waals surface area contributed by atoms with E-state index in [0.29, 0.717) is 0 Å². The van der Waals surface area contributed by atoms with E-state index in [1.807, 2.05) is 57.2 Å². The van der Waals surface area contributed by atoms with Crippen molar-refractivity contribution in [3.05, 3.63) is 59.7 Å². The van der Waals surface area contributed by atoms with E-state index in [2.05, 4.69) is 5.32 Å². The van der Waals surface area contributed by atoms with Gasteiger partial charge in [0.15, 0.2) is 0 Å². The number of carbonyl (C=O) groups excluding carboxylic acids is 2. The van der Waals surface area contributed by atoms with E-state index in [-0.39, 0.29) is 5.92 Å². The molecule has 0 heterocycles. The van der Waals surface area contributed by atoms with Crippen LogP contribution in [0.3, 0.4) is 0 Å². The first kappa shape index (κ1) is 23.1. The highest BCUT2D eigenvalue weighted by atomic mass is 16.5. The summed E-state index contributed by atoms with van der Waals surface area (Å²) in [5.41, 5.74) is 1.77. The Kier molecular flexibility index (Phi) is 9.15. The minimum Gasteiger partial charge on any atom is -0.481 e. The number of esters is 1. The molecule has 0 bridgehead atoms. The maximum atomic E-state index is 12.8. The van der Waals surface area contributed by atoms with Crippen LogP contribution < -0.4 is 5.32 Å². The Hall–Kier alpha value is -2.89. The Morgan fingerprint density at radius 2 is 1.68 bits per heavy atom. The highest BCUT2D eigenvalue weighted by molar-refractivity contribution is 5.92. The summed E-state index contributed by atoms with van der Waals surface area (Å²) >= 11 is 0. The maximum absolute atomic E-state index is 12.8. The average molecular weight is 387 g/mol. The van der Waals surface area contributed by atoms with Gasteiger partial charge in [0.1, 0.15) is 12.1 Å². The molecule has 0 aliphatic rings. The highest BCUT2D eigenvalue weighted by Crippen LogP contribution is 2.21. The first-order valence-corrected chi connectivity index (χ1v) is 9.27. The van der Waals surface area contributed by atoms with E-state index >= 15 is 0 Å². The second kappa shape index (κ2) is 11.1. The van der Waals surface area contributed by atoms with Crippen LogP contribution in [0.2, 0.25) is 0 Å². The number of aliphatic carboxylic acids is 1. The molecule has 0 radical (unpaired) electrons. The summed E-state index contributed by atoms with van der Waals surface area (Å²) in [6, 6.07) is 8.33. The molecule has 0 saturated carbocycles. The lowest BCUT2D eigenvalue weighted by atomic mass is 9.93. The summed E-state index contributed by atoms with van der Waals surface area (Å²) in [7, 11) is 0. The smallest absolute Gasteiger partial charge is 0.329 e. The summed E-state index contributed by atoms with van der Waals surface area (Å²) in [5.74, 6) is -3.36. The second-order valence-electron chi connectivity index (χ2n) is 6.82. The number of nitrogens with one attached hydrogen (secondary N) is 1. The van der Waals surface area contributed by atoms with E-state index in [9.17, 15) is 14.4 Å². The topological polar surface area (TPSA) is 92.7 Å². The quantitative estimate of drug-likeness (QED) is 0.385. The molecule has 1 amide bonds. The molecular formula is C22H29NO5. The zero-order valence-electron chi connectivity index (χ0n) is 17.0. The lowest BCUT2D eigenvalue weighted by Crippen LogP contribution is -2.46. The summed E-state index contributed by atoms with van der Waals surface area (Å²) in [6.45, 7) is 8.53. The van der Waals surface area contributed by atoms with Crippen LogP contribution in [0.5, 0.6) is 0 Å². The van der Waals surface area contributed by atoms with Crippen molar-refractivity contribution < 1.29 is 24.2 Å². The fraction of sp³-hybridized carbons (Fsp3) is 0.409. The molecule has 28 heavy (non-hydrogen) atoms. The summed E-state index contributed by atoms with van der Waals surface area (Å²) in [6.07, 6.45) is 4.04. The number of ether oxygens (including phenoxy) is 1. The van der Waals surface area contributed by atoms with Crippen LogP contribution in [-0.2, 0) is 19.1 Å². The van der Waals surface area contributed by atoms with Crippen molar-refractivity contribution in [3.8, 4) is 0 Å². The van der Waals surface area contributed by atoms with Gasteiger partial charge in [-0.25, -0.2) is 4.79 Å². The van der Waals surface area contributed by atoms with Crippen LogP contribution >= 0.6 is 0 Å². The molecular weight excluding hydrogens is 358 g/mol. The van der Waals surface area contributed by atoms with Crippen molar-refractivity contribution in [2.45, 2.75) is 52.7 Å². The van der Waals surface area contributed by atoms with Gasteiger partial charge < -0.3 is 15.2 Å². The zero-order valence-corrected chi connectivity index (χ0v) is 17.0. The van der Waals surface area contributed by atoms with Gasteiger partial charge in [0, 0.05) is 12.0 Å². The Bertz CT molecular complexity index is 739. The number of allylic oxidation sites excluding steroid dienone is 3. The molecule has 2 N–H and O–H groups in total. The van der Waals surface area contributed by atoms with Gasteiger partial charge in [0.25, 0.3) is 0 Å². The van der Waals surface area contributed by atoms with E-state index in [4.69, 9.17) is 9.84 Å². The number of hydrogen-bond acceptors (Lipinski definition) is 4. The molecule has 1 aromatic carbocycles. The minimum absolute atomic E-state index is 0.360. The predicted octanol–water partition coefficient (Wildman–Crippen LogP) is 3.45. The molecule has 0 fully saturated rings. The molecule has 4 atom stereocenters. The fourth-order valence-electron chi connectivity index (χ4n) is 2.40. The van der Waals surface area contributed by atoms with E-state index in [1.165, 1.54) is 19.9 Å². The van der Waals surface area contributed by atoms with Gasteiger partial charge >= 0.3 is 11.9 Å². The van der Waals surface area contributed by atoms with Gasteiger partial charge in [-0.15, -0.1) is 0 Å². The van der Waals surface area contributed by atoms with Crippen molar-refractivity contribution in [2.24, 2.45) is 5.92 Å². The lowest BCUT2D eigenvalue weighted by Gasteiger charge is -2.26. The maximum Gasteiger partial charge on any atom is 0.329 e. The van der Waals surface area contributed by atoms with Gasteiger partial charge in [-0.3, -0.25) is 9.59 Å². The number of hydrogen-bond donors (Lipinski definition) is 2. The van der Waals surface area contributed by atoms with Crippen molar-refractivity contribution in [3.63, 3.8) is 0 Å². The average Bonchev–Trinajstić information content (AvgIpc) is 2.69. The van der Waals surface area contributed by atoms with Crippen LogP contribution in [-0.4, -0.2) is 35.1 Å². The van der Waals surface area contributed by atoms with Crippen LogP contribution in [0.1, 0.15) is 46.1 Å². The van der Waals surface area contributed by atoms with Crippen LogP contribution in [0.15, 0.2) is 54.1 Å². The largest absolute Gasteiger partial charge is 0.481 e. The van der Waals surface area contributed by atoms with Gasteiger partial charge in [-0.05, 0) is 33.3 Å². The third-order valence-corrected chi connectivity index (χ3v) is 4.73. The Morgan fingerprint density at radius 3 is 2.21 bits per heavy atom. The van der Waals surface area contributed by atoms with Gasteiger partial charge in [-0.1, -0.05) is 55.0 Å². The van der Waals surface area contributed by atoms with Crippen LogP contribution in [0.25, 0.3) is 0 Å². The molecule has 6 nitrogen and oxygen atoms in total. The summed E-state index contributed by atoms with van der Waals surface area (Å²) in [4.78, 5) is 36.2. The second-order valence-corrected chi connectivity index (χ2v) is 6.82. The molecule has 152 valence electrons. The Balaban J connectivity index is 3.03. The number of carbonyl (C=O) groups is 3. The Labute approximate surface area is 166 Å². The van der Waals surface area contributed by atoms with Crippen molar-refractivity contribution in [1.82, 2.24) is 5.32 Å². The molecule has 6 heteroatoms. The van der Waals surface area contributed by atoms with Gasteiger partial charge in [-0.2, -0.15) is 0 Å². The molecule has 0 spiro atoms. The number of benzene rings is 1. The molecule has 0 aliphatic heterocycles. The molecule has 0 aliphatic carbocycles. The summed E-state index contributed by atoms with van der Waals surface area (Å²) < 4.78 is 5.36. The van der Waals surface area contributed by atoms with Crippen LogP contribution in [0.4, 0.5) is 0 Å².